The van der Waals surface area contributed by atoms with Crippen LogP contribution in [0.4, 0.5) is 8.78 Å². The van der Waals surface area contributed by atoms with Crippen LogP contribution in [0.3, 0.4) is 0 Å². The van der Waals surface area contributed by atoms with Gasteiger partial charge in [0, 0.05) is 12.5 Å². The highest BCUT2D eigenvalue weighted by Gasteiger charge is 2.21. The van der Waals surface area contributed by atoms with Crippen LogP contribution in [0.5, 0.6) is 5.75 Å². The topological polar surface area (TPSA) is 58.6 Å². The Morgan fingerprint density at radius 2 is 1.86 bits per heavy atom. The standard InChI is InChI=1S/C16H21F2NO3/c17-16(18)22-13-8-6-11(7-9-13)14(20)10-19-15(21)12-4-2-1-3-5-12/h6-9,12,14,16,20H,1-5,10H2,(H,19,21). The molecule has 2 rings (SSSR count). The Balaban J connectivity index is 1.81. The number of nitrogens with one attached hydrogen (secondary N) is 1. The highest BCUT2D eigenvalue weighted by atomic mass is 19.3. The number of hydrogen-bond donors (Lipinski definition) is 2. The average Bonchev–Trinajstić information content (AvgIpc) is 2.53. The molecule has 0 aliphatic heterocycles. The molecule has 1 atom stereocenters. The number of benzene rings is 1. The molecule has 0 spiro atoms. The number of hydrogen-bond acceptors (Lipinski definition) is 3. The first-order chi connectivity index (χ1) is 10.6. The van der Waals surface area contributed by atoms with Crippen LogP contribution in [0.1, 0.15) is 43.8 Å². The molecule has 1 unspecified atom stereocenters. The fourth-order valence-corrected chi connectivity index (χ4v) is 2.70. The minimum Gasteiger partial charge on any atom is -0.435 e. The van der Waals surface area contributed by atoms with Gasteiger partial charge < -0.3 is 15.2 Å². The Labute approximate surface area is 128 Å². The maximum atomic E-state index is 12.0. The van der Waals surface area contributed by atoms with Gasteiger partial charge in [0.15, 0.2) is 0 Å². The smallest absolute Gasteiger partial charge is 0.387 e. The van der Waals surface area contributed by atoms with Crippen LogP contribution in [0.25, 0.3) is 0 Å². The van der Waals surface area contributed by atoms with Crippen LogP contribution in [0.15, 0.2) is 24.3 Å². The molecule has 2 N–H and O–H groups in total. The number of rotatable bonds is 6. The summed E-state index contributed by atoms with van der Waals surface area (Å²) in [5, 5.41) is 12.8. The summed E-state index contributed by atoms with van der Waals surface area (Å²) in [4.78, 5) is 12.0. The number of aliphatic hydroxyl groups is 1. The van der Waals surface area contributed by atoms with Crippen molar-refractivity contribution in [2.75, 3.05) is 6.54 Å². The van der Waals surface area contributed by atoms with E-state index in [1.807, 2.05) is 0 Å². The molecule has 4 nitrogen and oxygen atoms in total. The Kier molecular flexibility index (Phi) is 6.12. The van der Waals surface area contributed by atoms with Gasteiger partial charge in [-0.3, -0.25) is 4.79 Å². The van der Waals surface area contributed by atoms with Gasteiger partial charge >= 0.3 is 6.61 Å². The second-order valence-electron chi connectivity index (χ2n) is 5.54. The SMILES string of the molecule is O=C(NCC(O)c1ccc(OC(F)F)cc1)C1CCCCC1. The van der Waals surface area contributed by atoms with Gasteiger partial charge in [-0.15, -0.1) is 0 Å². The number of halogens is 2. The minimum absolute atomic E-state index is 0.0172. The molecule has 0 saturated heterocycles. The number of amides is 1. The van der Waals surface area contributed by atoms with Gasteiger partial charge in [-0.2, -0.15) is 8.78 Å². The van der Waals surface area contributed by atoms with Crippen LogP contribution in [0, 0.1) is 5.92 Å². The van der Waals surface area contributed by atoms with Crippen molar-refractivity contribution >= 4 is 5.91 Å². The van der Waals surface area contributed by atoms with Gasteiger partial charge in [0.05, 0.1) is 6.10 Å². The van der Waals surface area contributed by atoms with Gasteiger partial charge in [0.2, 0.25) is 5.91 Å². The molecule has 6 heteroatoms. The summed E-state index contributed by atoms with van der Waals surface area (Å²) in [6, 6.07) is 5.76. The molecule has 0 aromatic heterocycles. The number of carbonyl (C=O) groups excluding carboxylic acids is 1. The summed E-state index contributed by atoms with van der Waals surface area (Å²) in [5.41, 5.74) is 0.547. The maximum absolute atomic E-state index is 12.0. The van der Waals surface area contributed by atoms with Gasteiger partial charge in [0.25, 0.3) is 0 Å². The first kappa shape index (κ1) is 16.7. The van der Waals surface area contributed by atoms with Gasteiger partial charge in [0.1, 0.15) is 5.75 Å². The summed E-state index contributed by atoms with van der Waals surface area (Å²) in [7, 11) is 0. The maximum Gasteiger partial charge on any atom is 0.387 e. The molecule has 1 aliphatic rings. The quantitative estimate of drug-likeness (QED) is 0.849. The van der Waals surface area contributed by atoms with E-state index in [0.717, 1.165) is 25.7 Å². The number of carbonyl (C=O) groups is 1. The molecular formula is C16H21F2NO3. The van der Waals surface area contributed by atoms with E-state index in [1.54, 1.807) is 0 Å². The summed E-state index contributed by atoms with van der Waals surface area (Å²) in [6.07, 6.45) is 4.27. The molecule has 122 valence electrons. The van der Waals surface area contributed by atoms with Gasteiger partial charge in [-0.1, -0.05) is 31.4 Å². The number of ether oxygens (including phenoxy) is 1. The van der Waals surface area contributed by atoms with Crippen molar-refractivity contribution in [2.24, 2.45) is 5.92 Å². The normalized spacial score (nSPS) is 17.3. The van der Waals surface area contributed by atoms with E-state index in [9.17, 15) is 18.7 Å². The first-order valence-electron chi connectivity index (χ1n) is 7.57. The summed E-state index contributed by atoms with van der Waals surface area (Å²) in [6.45, 7) is -2.75. The van der Waals surface area contributed by atoms with E-state index >= 15 is 0 Å². The largest absolute Gasteiger partial charge is 0.435 e. The zero-order valence-electron chi connectivity index (χ0n) is 12.3. The van der Waals surface area contributed by atoms with Crippen LogP contribution in [-0.2, 0) is 4.79 Å². The second-order valence-corrected chi connectivity index (χ2v) is 5.54. The summed E-state index contributed by atoms with van der Waals surface area (Å²) < 4.78 is 28.3. The van der Waals surface area contributed by atoms with Crippen LogP contribution in [0.2, 0.25) is 0 Å². The molecular weight excluding hydrogens is 292 g/mol. The Morgan fingerprint density at radius 1 is 1.23 bits per heavy atom. The highest BCUT2D eigenvalue weighted by molar-refractivity contribution is 5.78. The van der Waals surface area contributed by atoms with Crippen molar-refractivity contribution < 1.29 is 23.4 Å². The lowest BCUT2D eigenvalue weighted by Gasteiger charge is -2.21. The lowest BCUT2D eigenvalue weighted by Crippen LogP contribution is -2.34. The van der Waals surface area contributed by atoms with E-state index < -0.39 is 12.7 Å². The molecule has 1 aromatic rings. The molecule has 0 bridgehead atoms. The first-order valence-corrected chi connectivity index (χ1v) is 7.57. The molecule has 0 radical (unpaired) electrons. The van der Waals surface area contributed by atoms with Crippen LogP contribution >= 0.6 is 0 Å². The van der Waals surface area contributed by atoms with Gasteiger partial charge in [-0.05, 0) is 30.5 Å². The lowest BCUT2D eigenvalue weighted by molar-refractivity contribution is -0.126. The molecule has 0 heterocycles. The van der Waals surface area contributed by atoms with E-state index in [2.05, 4.69) is 10.1 Å². The van der Waals surface area contributed by atoms with Gasteiger partial charge in [-0.25, -0.2) is 0 Å². The second kappa shape index (κ2) is 8.08. The lowest BCUT2D eigenvalue weighted by atomic mass is 9.88. The highest BCUT2D eigenvalue weighted by Crippen LogP contribution is 2.24. The van der Waals surface area contributed by atoms with E-state index in [1.165, 1.54) is 30.7 Å². The minimum atomic E-state index is -2.87. The predicted octanol–water partition coefficient (Wildman–Crippen LogP) is 3.02. The zero-order valence-corrected chi connectivity index (χ0v) is 12.3. The average molecular weight is 313 g/mol. The third-order valence-corrected chi connectivity index (χ3v) is 3.94. The van der Waals surface area contributed by atoms with Crippen molar-refractivity contribution in [3.8, 4) is 5.75 Å². The third kappa shape index (κ3) is 4.94. The van der Waals surface area contributed by atoms with E-state index in [4.69, 9.17) is 0 Å². The fraction of sp³-hybridized carbons (Fsp3) is 0.562. The number of aliphatic hydroxyl groups excluding tert-OH is 1. The van der Waals surface area contributed by atoms with Crippen molar-refractivity contribution in [2.45, 2.75) is 44.8 Å². The molecule has 22 heavy (non-hydrogen) atoms. The molecule has 1 fully saturated rings. The molecule has 1 amide bonds. The monoisotopic (exact) mass is 313 g/mol. The Morgan fingerprint density at radius 3 is 2.45 bits per heavy atom. The van der Waals surface area contributed by atoms with Crippen LogP contribution in [-0.4, -0.2) is 24.2 Å². The van der Waals surface area contributed by atoms with E-state index in [0.29, 0.717) is 5.56 Å². The molecule has 1 aromatic carbocycles. The Hall–Kier alpha value is -1.69. The fourth-order valence-electron chi connectivity index (χ4n) is 2.70. The zero-order chi connectivity index (χ0) is 15.9. The number of alkyl halides is 2. The summed E-state index contributed by atoms with van der Waals surface area (Å²) >= 11 is 0. The van der Waals surface area contributed by atoms with Crippen molar-refractivity contribution in [1.29, 1.82) is 0 Å². The van der Waals surface area contributed by atoms with Crippen molar-refractivity contribution in [3.05, 3.63) is 29.8 Å². The predicted molar refractivity (Wildman–Crippen MR) is 77.6 cm³/mol. The summed E-state index contributed by atoms with van der Waals surface area (Å²) in [5.74, 6) is 0.0661. The molecule has 1 saturated carbocycles. The van der Waals surface area contributed by atoms with Crippen LogP contribution < -0.4 is 10.1 Å². The Bertz CT molecular complexity index is 473. The third-order valence-electron chi connectivity index (χ3n) is 3.94. The van der Waals surface area contributed by atoms with Crippen molar-refractivity contribution in [3.63, 3.8) is 0 Å². The molecule has 1 aliphatic carbocycles. The van der Waals surface area contributed by atoms with Crippen molar-refractivity contribution in [1.82, 2.24) is 5.32 Å². The van der Waals surface area contributed by atoms with E-state index in [-0.39, 0.29) is 24.1 Å².